The number of anilines is 1. The van der Waals surface area contributed by atoms with Gasteiger partial charge in [-0.3, -0.25) is 4.79 Å². The average Bonchev–Trinajstić information content (AvgIpc) is 2.67. The van der Waals surface area contributed by atoms with Crippen molar-refractivity contribution in [1.82, 2.24) is 0 Å². The van der Waals surface area contributed by atoms with Gasteiger partial charge in [0.25, 0.3) is 5.91 Å². The fraction of sp³-hybridized carbons (Fsp3) is 0.300. The molecule has 0 aromatic heterocycles. The van der Waals surface area contributed by atoms with Gasteiger partial charge in [0.1, 0.15) is 6.54 Å². The maximum atomic E-state index is 12.6. The summed E-state index contributed by atoms with van der Waals surface area (Å²) in [5.41, 5.74) is 2.10. The lowest BCUT2D eigenvalue weighted by Gasteiger charge is -2.22. The minimum atomic E-state index is -0.295. The number of likely N-dealkylation sites (N-methyl/N-ethyl adjacent to an activating group) is 1. The van der Waals surface area contributed by atoms with E-state index in [2.05, 4.69) is 11.4 Å². The van der Waals surface area contributed by atoms with Crippen molar-refractivity contribution in [3.8, 4) is 17.6 Å². The van der Waals surface area contributed by atoms with Gasteiger partial charge in [0.05, 0.1) is 38.5 Å². The standard InChI is InChI=1S/C20H23N3O3/c1-14(20(24)22-17-9-5-7-15(11-17)12-21)23(2)13-16-8-6-10-18(25-3)19(16)26-4/h5-11,14H,13H2,1-4H3,(H,22,24)/p+1/t14-/m1/s1. The first-order valence-electron chi connectivity index (χ1n) is 8.33. The van der Waals surface area contributed by atoms with Crippen molar-refractivity contribution in [2.45, 2.75) is 19.5 Å². The molecule has 2 atom stereocenters. The SMILES string of the molecule is COc1cccc(C[NH+](C)[C@H](C)C(=O)Nc2cccc(C#N)c2)c1OC. The lowest BCUT2D eigenvalue weighted by Crippen LogP contribution is -3.12. The minimum absolute atomic E-state index is 0.112. The molecule has 0 aliphatic heterocycles. The van der Waals surface area contributed by atoms with Crippen molar-refractivity contribution in [2.75, 3.05) is 26.6 Å². The van der Waals surface area contributed by atoms with E-state index in [4.69, 9.17) is 14.7 Å². The Morgan fingerprint density at radius 2 is 1.96 bits per heavy atom. The minimum Gasteiger partial charge on any atom is -0.493 e. The summed E-state index contributed by atoms with van der Waals surface area (Å²) in [6.45, 7) is 2.47. The van der Waals surface area contributed by atoms with Gasteiger partial charge in [0.15, 0.2) is 17.5 Å². The van der Waals surface area contributed by atoms with Crippen molar-refractivity contribution in [3.05, 3.63) is 53.6 Å². The molecular formula is C20H24N3O3+. The van der Waals surface area contributed by atoms with E-state index in [1.807, 2.05) is 32.2 Å². The Hall–Kier alpha value is -3.04. The van der Waals surface area contributed by atoms with Gasteiger partial charge in [-0.2, -0.15) is 5.26 Å². The largest absolute Gasteiger partial charge is 0.493 e. The number of rotatable bonds is 7. The molecule has 2 aromatic carbocycles. The van der Waals surface area contributed by atoms with Gasteiger partial charge in [-0.15, -0.1) is 0 Å². The molecule has 2 N–H and O–H groups in total. The van der Waals surface area contributed by atoms with Crippen LogP contribution in [0.25, 0.3) is 0 Å². The number of nitrogens with zero attached hydrogens (tertiary/aromatic N) is 1. The van der Waals surface area contributed by atoms with Crippen LogP contribution < -0.4 is 19.7 Å². The first-order valence-corrected chi connectivity index (χ1v) is 8.33. The Morgan fingerprint density at radius 1 is 1.23 bits per heavy atom. The molecule has 6 heteroatoms. The number of methoxy groups -OCH3 is 2. The molecular weight excluding hydrogens is 330 g/mol. The molecule has 1 amide bonds. The smallest absolute Gasteiger partial charge is 0.282 e. The molecule has 2 rings (SSSR count). The van der Waals surface area contributed by atoms with Gasteiger partial charge in [0, 0.05) is 5.69 Å². The second-order valence-electron chi connectivity index (χ2n) is 6.08. The van der Waals surface area contributed by atoms with Gasteiger partial charge in [-0.05, 0) is 37.3 Å². The molecule has 26 heavy (non-hydrogen) atoms. The van der Waals surface area contributed by atoms with E-state index < -0.39 is 0 Å². The summed E-state index contributed by atoms with van der Waals surface area (Å²) in [6, 6.07) is 14.4. The molecule has 0 fully saturated rings. The van der Waals surface area contributed by atoms with Crippen molar-refractivity contribution in [2.24, 2.45) is 0 Å². The van der Waals surface area contributed by atoms with Gasteiger partial charge < -0.3 is 19.7 Å². The van der Waals surface area contributed by atoms with Crippen LogP contribution in [0.15, 0.2) is 42.5 Å². The maximum Gasteiger partial charge on any atom is 0.282 e. The zero-order valence-corrected chi connectivity index (χ0v) is 15.5. The molecule has 0 aliphatic carbocycles. The van der Waals surface area contributed by atoms with Crippen LogP contribution in [-0.2, 0) is 11.3 Å². The summed E-state index contributed by atoms with van der Waals surface area (Å²) >= 11 is 0. The van der Waals surface area contributed by atoms with Crippen molar-refractivity contribution in [1.29, 1.82) is 5.26 Å². The van der Waals surface area contributed by atoms with E-state index in [9.17, 15) is 4.79 Å². The van der Waals surface area contributed by atoms with E-state index >= 15 is 0 Å². The van der Waals surface area contributed by atoms with E-state index in [1.165, 1.54) is 0 Å². The second kappa shape index (κ2) is 8.88. The predicted molar refractivity (Wildman–Crippen MR) is 99.4 cm³/mol. The zero-order chi connectivity index (χ0) is 19.1. The Bertz CT molecular complexity index is 814. The van der Waals surface area contributed by atoms with E-state index in [-0.39, 0.29) is 11.9 Å². The highest BCUT2D eigenvalue weighted by Gasteiger charge is 2.24. The summed E-state index contributed by atoms with van der Waals surface area (Å²) in [6.07, 6.45) is 0. The normalized spacial score (nSPS) is 12.6. The molecule has 6 nitrogen and oxygen atoms in total. The fourth-order valence-electron chi connectivity index (χ4n) is 2.69. The predicted octanol–water partition coefficient (Wildman–Crippen LogP) is 1.62. The first kappa shape index (κ1) is 19.3. The zero-order valence-electron chi connectivity index (χ0n) is 15.5. The van der Waals surface area contributed by atoms with Gasteiger partial charge in [0.2, 0.25) is 0 Å². The summed E-state index contributed by atoms with van der Waals surface area (Å²) in [4.78, 5) is 13.6. The first-order chi connectivity index (χ1) is 12.5. The Morgan fingerprint density at radius 3 is 2.62 bits per heavy atom. The van der Waals surface area contributed by atoms with Crippen molar-refractivity contribution in [3.63, 3.8) is 0 Å². The second-order valence-corrected chi connectivity index (χ2v) is 6.08. The third-order valence-electron chi connectivity index (χ3n) is 4.35. The Kier molecular flexibility index (Phi) is 6.59. The highest BCUT2D eigenvalue weighted by molar-refractivity contribution is 5.93. The number of nitrogens with one attached hydrogen (secondary N) is 2. The quantitative estimate of drug-likeness (QED) is 0.792. The Labute approximate surface area is 153 Å². The van der Waals surface area contributed by atoms with Crippen LogP contribution in [0.2, 0.25) is 0 Å². The van der Waals surface area contributed by atoms with Crippen LogP contribution in [-0.4, -0.2) is 33.2 Å². The highest BCUT2D eigenvalue weighted by Crippen LogP contribution is 2.30. The number of hydrogen-bond donors (Lipinski definition) is 2. The highest BCUT2D eigenvalue weighted by atomic mass is 16.5. The average molecular weight is 354 g/mol. The summed E-state index contributed by atoms with van der Waals surface area (Å²) in [5.74, 6) is 1.24. The molecule has 0 saturated heterocycles. The van der Waals surface area contributed by atoms with Gasteiger partial charge in [-0.1, -0.05) is 12.1 Å². The maximum absolute atomic E-state index is 12.6. The third kappa shape index (κ3) is 4.52. The summed E-state index contributed by atoms with van der Waals surface area (Å²) in [7, 11) is 5.16. The molecule has 0 saturated carbocycles. The number of amides is 1. The van der Waals surface area contributed by atoms with E-state index in [1.54, 1.807) is 38.5 Å². The molecule has 0 radical (unpaired) electrons. The molecule has 1 unspecified atom stereocenters. The number of quaternary nitrogens is 1. The van der Waals surface area contributed by atoms with Crippen molar-refractivity contribution < 1.29 is 19.2 Å². The third-order valence-corrected chi connectivity index (χ3v) is 4.35. The number of nitriles is 1. The number of ether oxygens (including phenoxy) is 2. The number of carbonyl (C=O) groups is 1. The number of benzene rings is 2. The molecule has 0 spiro atoms. The van der Waals surface area contributed by atoms with Crippen LogP contribution in [0.1, 0.15) is 18.1 Å². The topological polar surface area (TPSA) is 75.8 Å². The molecule has 136 valence electrons. The number of para-hydroxylation sites is 1. The van der Waals surface area contributed by atoms with Gasteiger partial charge in [-0.25, -0.2) is 0 Å². The molecule has 0 aliphatic rings. The number of hydrogen-bond acceptors (Lipinski definition) is 4. The Balaban J connectivity index is 2.08. The summed E-state index contributed by atoms with van der Waals surface area (Å²) in [5, 5.41) is 11.8. The van der Waals surface area contributed by atoms with Gasteiger partial charge >= 0.3 is 0 Å². The fourth-order valence-corrected chi connectivity index (χ4v) is 2.69. The van der Waals surface area contributed by atoms with E-state index in [0.717, 1.165) is 10.5 Å². The number of carbonyl (C=O) groups excluding carboxylic acids is 1. The van der Waals surface area contributed by atoms with Crippen LogP contribution in [0.5, 0.6) is 11.5 Å². The lowest BCUT2D eigenvalue weighted by atomic mass is 10.1. The van der Waals surface area contributed by atoms with Crippen molar-refractivity contribution >= 4 is 11.6 Å². The van der Waals surface area contributed by atoms with Crippen LogP contribution in [0, 0.1) is 11.3 Å². The molecule has 0 heterocycles. The molecule has 2 aromatic rings. The van der Waals surface area contributed by atoms with E-state index in [0.29, 0.717) is 29.3 Å². The monoisotopic (exact) mass is 354 g/mol. The summed E-state index contributed by atoms with van der Waals surface area (Å²) < 4.78 is 10.8. The van der Waals surface area contributed by atoms with Crippen LogP contribution in [0.3, 0.4) is 0 Å². The van der Waals surface area contributed by atoms with Crippen LogP contribution >= 0.6 is 0 Å². The molecule has 0 bridgehead atoms. The van der Waals surface area contributed by atoms with Crippen LogP contribution in [0.4, 0.5) is 5.69 Å². The lowest BCUT2D eigenvalue weighted by molar-refractivity contribution is -0.907.